The maximum atomic E-state index is 11.0. The maximum absolute atomic E-state index is 11.0. The van der Waals surface area contributed by atoms with Crippen LogP contribution in [-0.2, 0) is 19.5 Å². The van der Waals surface area contributed by atoms with Crippen molar-refractivity contribution in [2.24, 2.45) is 0 Å². The zero-order chi connectivity index (χ0) is 13.9. The monoisotopic (exact) mass is 285 g/mol. The predicted octanol–water partition coefficient (Wildman–Crippen LogP) is 3.62. The van der Waals surface area contributed by atoms with Gasteiger partial charge in [-0.15, -0.1) is 0 Å². The molecule has 0 fully saturated rings. The Morgan fingerprint density at radius 1 is 1.05 bits per heavy atom. The molecular weight excluding hydrogens is 270 g/mol. The van der Waals surface area contributed by atoms with Gasteiger partial charge >= 0.3 is 0 Å². The minimum Gasteiger partial charge on any atom is -0.294 e. The molecule has 0 amide bonds. The van der Waals surface area contributed by atoms with Crippen molar-refractivity contribution in [1.82, 2.24) is 4.90 Å². The van der Waals surface area contributed by atoms with Crippen LogP contribution in [0.3, 0.4) is 0 Å². The topological polar surface area (TPSA) is 20.3 Å². The highest BCUT2D eigenvalue weighted by Gasteiger charge is 2.15. The van der Waals surface area contributed by atoms with Gasteiger partial charge in [0.1, 0.15) is 0 Å². The van der Waals surface area contributed by atoms with Crippen molar-refractivity contribution in [3.63, 3.8) is 0 Å². The molecule has 2 aromatic carbocycles. The first-order valence-corrected chi connectivity index (χ1v) is 7.18. The molecule has 102 valence electrons. The van der Waals surface area contributed by atoms with E-state index in [1.807, 2.05) is 12.1 Å². The standard InChI is InChI=1S/C17H16ClNO/c18-17(20)15-7-5-13(6-8-15)11-19-10-9-14-3-1-2-4-16(14)12-19/h1-8H,9-12H2. The summed E-state index contributed by atoms with van der Waals surface area (Å²) in [5.41, 5.74) is 4.66. The van der Waals surface area contributed by atoms with E-state index < -0.39 is 5.24 Å². The van der Waals surface area contributed by atoms with E-state index in [2.05, 4.69) is 29.2 Å². The van der Waals surface area contributed by atoms with Gasteiger partial charge in [-0.3, -0.25) is 9.69 Å². The average Bonchev–Trinajstić information content (AvgIpc) is 2.48. The number of halogens is 1. The summed E-state index contributed by atoms with van der Waals surface area (Å²) >= 11 is 5.45. The van der Waals surface area contributed by atoms with Crippen molar-refractivity contribution in [1.29, 1.82) is 0 Å². The molecule has 2 nitrogen and oxygen atoms in total. The van der Waals surface area contributed by atoms with E-state index >= 15 is 0 Å². The fraction of sp³-hybridized carbons (Fsp3) is 0.235. The van der Waals surface area contributed by atoms with Gasteiger partial charge in [-0.05, 0) is 46.8 Å². The lowest BCUT2D eigenvalue weighted by Gasteiger charge is -2.28. The summed E-state index contributed by atoms with van der Waals surface area (Å²) in [7, 11) is 0. The number of benzene rings is 2. The molecule has 1 aliphatic heterocycles. The lowest BCUT2D eigenvalue weighted by atomic mass is 9.99. The molecule has 0 N–H and O–H groups in total. The Kier molecular flexibility index (Phi) is 3.86. The zero-order valence-corrected chi connectivity index (χ0v) is 11.9. The molecule has 0 saturated carbocycles. The summed E-state index contributed by atoms with van der Waals surface area (Å²) in [4.78, 5) is 13.5. The average molecular weight is 286 g/mol. The summed E-state index contributed by atoms with van der Waals surface area (Å²) in [5.74, 6) is 0. The van der Waals surface area contributed by atoms with Crippen LogP contribution in [0.5, 0.6) is 0 Å². The Hall–Kier alpha value is -1.64. The summed E-state index contributed by atoms with van der Waals surface area (Å²) in [6, 6.07) is 16.2. The number of fused-ring (bicyclic) bond motifs is 1. The minimum atomic E-state index is -0.400. The lowest BCUT2D eigenvalue weighted by Crippen LogP contribution is -2.29. The zero-order valence-electron chi connectivity index (χ0n) is 11.2. The third-order valence-electron chi connectivity index (χ3n) is 3.80. The van der Waals surface area contributed by atoms with Crippen molar-refractivity contribution in [2.45, 2.75) is 19.5 Å². The van der Waals surface area contributed by atoms with E-state index in [0.717, 1.165) is 26.1 Å². The van der Waals surface area contributed by atoms with E-state index in [0.29, 0.717) is 5.56 Å². The number of nitrogens with zero attached hydrogens (tertiary/aromatic N) is 1. The van der Waals surface area contributed by atoms with Gasteiger partial charge < -0.3 is 0 Å². The first-order chi connectivity index (χ1) is 9.72. The number of rotatable bonds is 3. The maximum Gasteiger partial charge on any atom is 0.252 e. The smallest absolute Gasteiger partial charge is 0.252 e. The number of hydrogen-bond acceptors (Lipinski definition) is 2. The highest BCUT2D eigenvalue weighted by Crippen LogP contribution is 2.20. The SMILES string of the molecule is O=C(Cl)c1ccc(CN2CCc3ccccc3C2)cc1. The van der Waals surface area contributed by atoms with Crippen LogP contribution >= 0.6 is 11.6 Å². The van der Waals surface area contributed by atoms with Crippen LogP contribution in [0.4, 0.5) is 0 Å². The third kappa shape index (κ3) is 2.92. The van der Waals surface area contributed by atoms with Crippen molar-refractivity contribution in [3.05, 3.63) is 70.8 Å². The fourth-order valence-electron chi connectivity index (χ4n) is 2.69. The van der Waals surface area contributed by atoms with Crippen LogP contribution in [-0.4, -0.2) is 16.7 Å². The Bertz CT molecular complexity index is 621. The van der Waals surface area contributed by atoms with E-state index in [4.69, 9.17) is 11.6 Å². The largest absolute Gasteiger partial charge is 0.294 e. The molecule has 0 aliphatic carbocycles. The molecule has 3 heteroatoms. The van der Waals surface area contributed by atoms with Gasteiger partial charge in [0, 0.05) is 25.2 Å². The normalized spacial score (nSPS) is 14.8. The van der Waals surface area contributed by atoms with Gasteiger partial charge in [-0.1, -0.05) is 36.4 Å². The second kappa shape index (κ2) is 5.78. The quantitative estimate of drug-likeness (QED) is 0.803. The van der Waals surface area contributed by atoms with Crippen LogP contribution in [0.25, 0.3) is 0 Å². The van der Waals surface area contributed by atoms with Gasteiger partial charge in [0.2, 0.25) is 0 Å². The molecule has 0 saturated heterocycles. The predicted molar refractivity (Wildman–Crippen MR) is 80.9 cm³/mol. The molecule has 1 heterocycles. The first-order valence-electron chi connectivity index (χ1n) is 6.80. The number of hydrogen-bond donors (Lipinski definition) is 0. The van der Waals surface area contributed by atoms with Crippen molar-refractivity contribution >= 4 is 16.8 Å². The van der Waals surface area contributed by atoms with E-state index in [1.165, 1.54) is 16.7 Å². The summed E-state index contributed by atoms with van der Waals surface area (Å²) in [6.07, 6.45) is 1.11. The third-order valence-corrected chi connectivity index (χ3v) is 4.02. The Labute approximate surface area is 124 Å². The van der Waals surface area contributed by atoms with Crippen LogP contribution in [0.2, 0.25) is 0 Å². The fourth-order valence-corrected chi connectivity index (χ4v) is 2.81. The molecule has 0 atom stereocenters. The first kappa shape index (κ1) is 13.3. The number of carbonyl (C=O) groups excluding carboxylic acids is 1. The highest BCUT2D eigenvalue weighted by atomic mass is 35.5. The molecule has 2 aromatic rings. The summed E-state index contributed by atoms with van der Waals surface area (Å²) in [6.45, 7) is 2.98. The lowest BCUT2D eigenvalue weighted by molar-refractivity contribution is 0.108. The Morgan fingerprint density at radius 2 is 1.75 bits per heavy atom. The van der Waals surface area contributed by atoms with Gasteiger partial charge in [-0.25, -0.2) is 0 Å². The summed E-state index contributed by atoms with van der Waals surface area (Å²) in [5, 5.41) is -0.400. The molecular formula is C17H16ClNO. The van der Waals surface area contributed by atoms with Gasteiger partial charge in [-0.2, -0.15) is 0 Å². The molecule has 0 spiro atoms. The Balaban J connectivity index is 1.69. The minimum absolute atomic E-state index is 0.400. The van der Waals surface area contributed by atoms with Crippen LogP contribution in [0.1, 0.15) is 27.0 Å². The van der Waals surface area contributed by atoms with Crippen LogP contribution in [0, 0.1) is 0 Å². The second-order valence-corrected chi connectivity index (χ2v) is 5.54. The van der Waals surface area contributed by atoms with Crippen LogP contribution in [0.15, 0.2) is 48.5 Å². The van der Waals surface area contributed by atoms with Crippen molar-refractivity contribution in [3.8, 4) is 0 Å². The van der Waals surface area contributed by atoms with Crippen molar-refractivity contribution in [2.75, 3.05) is 6.54 Å². The molecule has 0 bridgehead atoms. The van der Waals surface area contributed by atoms with Gasteiger partial charge in [0.15, 0.2) is 0 Å². The van der Waals surface area contributed by atoms with E-state index in [9.17, 15) is 4.79 Å². The molecule has 1 aliphatic rings. The van der Waals surface area contributed by atoms with E-state index in [1.54, 1.807) is 12.1 Å². The van der Waals surface area contributed by atoms with Gasteiger partial charge in [0.05, 0.1) is 0 Å². The van der Waals surface area contributed by atoms with Crippen molar-refractivity contribution < 1.29 is 4.79 Å². The summed E-state index contributed by atoms with van der Waals surface area (Å²) < 4.78 is 0. The number of carbonyl (C=O) groups is 1. The van der Waals surface area contributed by atoms with E-state index in [-0.39, 0.29) is 0 Å². The Morgan fingerprint density at radius 3 is 2.45 bits per heavy atom. The van der Waals surface area contributed by atoms with Crippen LogP contribution < -0.4 is 0 Å². The second-order valence-electron chi connectivity index (χ2n) is 5.20. The molecule has 20 heavy (non-hydrogen) atoms. The highest BCUT2D eigenvalue weighted by molar-refractivity contribution is 6.67. The molecule has 3 rings (SSSR count). The van der Waals surface area contributed by atoms with Gasteiger partial charge in [0.25, 0.3) is 5.24 Å². The molecule has 0 aromatic heterocycles. The molecule has 0 radical (unpaired) electrons. The molecule has 0 unspecified atom stereocenters.